The Balaban J connectivity index is 1.69. The van der Waals surface area contributed by atoms with Crippen molar-refractivity contribution < 1.29 is 14.7 Å². The van der Waals surface area contributed by atoms with Crippen LogP contribution < -0.4 is 5.32 Å². The van der Waals surface area contributed by atoms with Crippen molar-refractivity contribution in [3.8, 4) is 5.82 Å². The van der Waals surface area contributed by atoms with Crippen LogP contribution in [-0.4, -0.2) is 31.7 Å². The maximum Gasteiger partial charge on any atom is 0.307 e. The van der Waals surface area contributed by atoms with Crippen LogP contribution in [0.5, 0.6) is 0 Å². The van der Waals surface area contributed by atoms with Gasteiger partial charge < -0.3 is 10.4 Å². The summed E-state index contributed by atoms with van der Waals surface area (Å²) in [6.45, 7) is 3.85. The Morgan fingerprint density at radius 1 is 1.32 bits per heavy atom. The quantitative estimate of drug-likeness (QED) is 0.892. The van der Waals surface area contributed by atoms with Crippen molar-refractivity contribution in [2.75, 3.05) is 5.32 Å². The van der Waals surface area contributed by atoms with Gasteiger partial charge in [-0.25, -0.2) is 9.67 Å². The number of amides is 1. The van der Waals surface area contributed by atoms with Crippen molar-refractivity contribution in [3.63, 3.8) is 0 Å². The fourth-order valence-corrected chi connectivity index (χ4v) is 2.44. The topological polar surface area (TPSA) is 97.1 Å². The molecule has 114 valence electrons. The number of aryl methyl sites for hydroxylation is 2. The van der Waals surface area contributed by atoms with Crippen LogP contribution in [0, 0.1) is 25.7 Å². The molecular formula is C15H16N4O3. The van der Waals surface area contributed by atoms with E-state index in [1.807, 2.05) is 19.9 Å². The van der Waals surface area contributed by atoms with E-state index >= 15 is 0 Å². The second-order valence-electron chi connectivity index (χ2n) is 5.52. The van der Waals surface area contributed by atoms with Gasteiger partial charge >= 0.3 is 5.97 Å². The van der Waals surface area contributed by atoms with Gasteiger partial charge in [-0.3, -0.25) is 9.59 Å². The van der Waals surface area contributed by atoms with Gasteiger partial charge in [0.25, 0.3) is 0 Å². The number of nitrogens with zero attached hydrogens (tertiary/aromatic N) is 3. The molecular weight excluding hydrogens is 284 g/mol. The number of pyridine rings is 1. The predicted octanol–water partition coefficient (Wildman–Crippen LogP) is 1.54. The molecule has 3 rings (SSSR count). The van der Waals surface area contributed by atoms with Crippen molar-refractivity contribution in [3.05, 3.63) is 35.8 Å². The average molecular weight is 300 g/mol. The molecule has 7 heteroatoms. The van der Waals surface area contributed by atoms with Gasteiger partial charge in [0.15, 0.2) is 5.82 Å². The zero-order valence-corrected chi connectivity index (χ0v) is 12.3. The first-order valence-corrected chi connectivity index (χ1v) is 6.99. The zero-order chi connectivity index (χ0) is 15.9. The first-order chi connectivity index (χ1) is 10.5. The van der Waals surface area contributed by atoms with Crippen LogP contribution in [0.2, 0.25) is 0 Å². The van der Waals surface area contributed by atoms with Gasteiger partial charge in [0, 0.05) is 5.69 Å². The van der Waals surface area contributed by atoms with Gasteiger partial charge in [-0.15, -0.1) is 0 Å². The Kier molecular flexibility index (Phi) is 3.40. The minimum absolute atomic E-state index is 0.270. The van der Waals surface area contributed by atoms with E-state index in [0.717, 1.165) is 11.4 Å². The van der Waals surface area contributed by atoms with Crippen LogP contribution in [0.3, 0.4) is 0 Å². The highest BCUT2D eigenvalue weighted by Crippen LogP contribution is 2.39. The second-order valence-corrected chi connectivity index (χ2v) is 5.52. The van der Waals surface area contributed by atoms with E-state index in [2.05, 4.69) is 15.4 Å². The third-order valence-corrected chi connectivity index (χ3v) is 3.69. The molecule has 0 aromatic carbocycles. The van der Waals surface area contributed by atoms with Crippen molar-refractivity contribution in [2.45, 2.75) is 20.3 Å². The molecule has 1 fully saturated rings. The van der Waals surface area contributed by atoms with Crippen molar-refractivity contribution in [1.29, 1.82) is 0 Å². The van der Waals surface area contributed by atoms with Crippen LogP contribution in [0.4, 0.5) is 5.69 Å². The van der Waals surface area contributed by atoms with E-state index in [9.17, 15) is 9.59 Å². The standard InChI is InChI=1S/C15H16N4O3/c1-8-5-9(2)19(18-8)13-4-3-10(7-16-13)17-14(20)11-6-12(11)15(21)22/h3-5,7,11-12H,6H2,1-2H3,(H,17,20)(H,21,22)/t11-,12-/m1/s1. The summed E-state index contributed by atoms with van der Waals surface area (Å²) in [5.41, 5.74) is 2.43. The van der Waals surface area contributed by atoms with E-state index in [4.69, 9.17) is 5.11 Å². The van der Waals surface area contributed by atoms with E-state index < -0.39 is 17.8 Å². The molecule has 2 heterocycles. The third-order valence-electron chi connectivity index (χ3n) is 3.69. The number of carboxylic acid groups (broad SMARTS) is 1. The Morgan fingerprint density at radius 2 is 2.09 bits per heavy atom. The molecule has 2 aromatic rings. The highest BCUT2D eigenvalue weighted by molar-refractivity contribution is 5.98. The zero-order valence-electron chi connectivity index (χ0n) is 12.3. The Morgan fingerprint density at radius 3 is 2.59 bits per heavy atom. The van der Waals surface area contributed by atoms with Gasteiger partial charge in [0.2, 0.25) is 5.91 Å². The SMILES string of the molecule is Cc1cc(C)n(-c2ccc(NC(=O)[C@@H]3C[C@H]3C(=O)O)cn2)n1. The second kappa shape index (κ2) is 5.25. The Labute approximate surface area is 127 Å². The van der Waals surface area contributed by atoms with Crippen molar-refractivity contribution in [2.24, 2.45) is 11.8 Å². The average Bonchev–Trinajstić information content (AvgIpc) is 3.20. The monoisotopic (exact) mass is 300 g/mol. The summed E-state index contributed by atoms with van der Waals surface area (Å²) in [5.74, 6) is -1.51. The summed E-state index contributed by atoms with van der Waals surface area (Å²) in [4.78, 5) is 26.9. The lowest BCUT2D eigenvalue weighted by molar-refractivity contribution is -0.139. The third kappa shape index (κ3) is 2.69. The minimum Gasteiger partial charge on any atom is -0.481 e. The predicted molar refractivity (Wildman–Crippen MR) is 78.7 cm³/mol. The first-order valence-electron chi connectivity index (χ1n) is 6.99. The molecule has 0 unspecified atom stereocenters. The summed E-state index contributed by atoms with van der Waals surface area (Å²) >= 11 is 0. The lowest BCUT2D eigenvalue weighted by atomic mass is 10.3. The highest BCUT2D eigenvalue weighted by atomic mass is 16.4. The lowest BCUT2D eigenvalue weighted by Crippen LogP contribution is -2.17. The Hall–Kier alpha value is -2.70. The fourth-order valence-electron chi connectivity index (χ4n) is 2.44. The number of hydrogen-bond donors (Lipinski definition) is 2. The van der Waals surface area contributed by atoms with Gasteiger partial charge in [-0.1, -0.05) is 0 Å². The lowest BCUT2D eigenvalue weighted by Gasteiger charge is -2.06. The molecule has 22 heavy (non-hydrogen) atoms. The fraction of sp³-hybridized carbons (Fsp3) is 0.333. The van der Waals surface area contributed by atoms with Gasteiger partial charge in [0.05, 0.1) is 29.4 Å². The Bertz CT molecular complexity index is 736. The molecule has 2 aromatic heterocycles. The molecule has 1 aliphatic rings. The van der Waals surface area contributed by atoms with Crippen LogP contribution in [0.1, 0.15) is 17.8 Å². The number of carbonyl (C=O) groups excluding carboxylic acids is 1. The van der Waals surface area contributed by atoms with Gasteiger partial charge in [-0.2, -0.15) is 5.10 Å². The smallest absolute Gasteiger partial charge is 0.307 e. The van der Waals surface area contributed by atoms with Crippen molar-refractivity contribution in [1.82, 2.24) is 14.8 Å². The van der Waals surface area contributed by atoms with Crippen LogP contribution >= 0.6 is 0 Å². The number of aromatic nitrogens is 3. The minimum atomic E-state index is -0.918. The molecule has 0 spiro atoms. The number of carboxylic acids is 1. The molecule has 1 saturated carbocycles. The maximum atomic E-state index is 11.9. The first kappa shape index (κ1) is 14.2. The number of carbonyl (C=O) groups is 2. The molecule has 7 nitrogen and oxygen atoms in total. The molecule has 2 N–H and O–H groups in total. The number of hydrogen-bond acceptors (Lipinski definition) is 4. The van der Waals surface area contributed by atoms with E-state index in [0.29, 0.717) is 17.9 Å². The summed E-state index contributed by atoms with van der Waals surface area (Å²) in [6, 6.07) is 5.45. The summed E-state index contributed by atoms with van der Waals surface area (Å²) in [7, 11) is 0. The molecule has 0 aliphatic heterocycles. The molecule has 0 saturated heterocycles. The molecule has 1 amide bonds. The molecule has 0 radical (unpaired) electrons. The summed E-state index contributed by atoms with van der Waals surface area (Å²) < 4.78 is 1.72. The van der Waals surface area contributed by atoms with E-state index in [-0.39, 0.29) is 5.91 Å². The normalized spacial score (nSPS) is 19.7. The van der Waals surface area contributed by atoms with Crippen LogP contribution in [0.15, 0.2) is 24.4 Å². The van der Waals surface area contributed by atoms with Crippen LogP contribution in [0.25, 0.3) is 5.82 Å². The highest BCUT2D eigenvalue weighted by Gasteiger charge is 2.48. The van der Waals surface area contributed by atoms with Gasteiger partial charge in [0.1, 0.15) is 0 Å². The molecule has 1 aliphatic carbocycles. The maximum absolute atomic E-state index is 11.9. The largest absolute Gasteiger partial charge is 0.481 e. The number of anilines is 1. The summed E-state index contributed by atoms with van der Waals surface area (Å²) in [6.07, 6.45) is 1.94. The number of aliphatic carboxylic acids is 1. The van der Waals surface area contributed by atoms with Gasteiger partial charge in [-0.05, 0) is 38.5 Å². The van der Waals surface area contributed by atoms with E-state index in [1.165, 1.54) is 0 Å². The number of rotatable bonds is 4. The summed E-state index contributed by atoms with van der Waals surface area (Å²) in [5, 5.41) is 15.9. The van der Waals surface area contributed by atoms with E-state index in [1.54, 1.807) is 23.0 Å². The van der Waals surface area contributed by atoms with Crippen LogP contribution in [-0.2, 0) is 9.59 Å². The molecule has 2 atom stereocenters. The van der Waals surface area contributed by atoms with Crippen molar-refractivity contribution >= 4 is 17.6 Å². The molecule has 0 bridgehead atoms. The number of nitrogens with one attached hydrogen (secondary N) is 1.